The maximum absolute atomic E-state index is 11.5. The van der Waals surface area contributed by atoms with Gasteiger partial charge in [0.15, 0.2) is 0 Å². The molecule has 0 spiro atoms. The Morgan fingerprint density at radius 3 is 2.73 bits per heavy atom. The minimum absolute atomic E-state index is 0.0350. The maximum Gasteiger partial charge on any atom is 0.310 e. The van der Waals surface area contributed by atoms with Crippen molar-refractivity contribution in [2.45, 2.75) is 26.3 Å². The minimum atomic E-state index is -0.0731. The number of esters is 1. The zero-order valence-electron chi connectivity index (χ0n) is 9.95. The first kappa shape index (κ1) is 12.5. The van der Waals surface area contributed by atoms with Crippen LogP contribution in [0.1, 0.15) is 20.3 Å². The van der Waals surface area contributed by atoms with Gasteiger partial charge in [0, 0.05) is 19.1 Å². The molecule has 2 unspecified atom stereocenters. The highest BCUT2D eigenvalue weighted by Gasteiger charge is 2.30. The molecule has 4 nitrogen and oxygen atoms in total. The topological polar surface area (TPSA) is 41.6 Å². The number of carbonyl (C=O) groups excluding carboxylic acids is 1. The highest BCUT2D eigenvalue weighted by atomic mass is 16.5. The predicted molar refractivity (Wildman–Crippen MR) is 59.7 cm³/mol. The van der Waals surface area contributed by atoms with Gasteiger partial charge in [-0.2, -0.15) is 0 Å². The van der Waals surface area contributed by atoms with Gasteiger partial charge in [0.25, 0.3) is 0 Å². The summed E-state index contributed by atoms with van der Waals surface area (Å²) in [6.45, 7) is 8.05. The van der Waals surface area contributed by atoms with E-state index in [0.29, 0.717) is 6.04 Å². The number of ether oxygens (including phenoxy) is 1. The standard InChI is InChI=1S/C11H22N2O2/c1-4-12-10-6-9(11(14)15-3)7-13(5-2)8-10/h9-10,12H,4-8H2,1-3H3. The first-order valence-corrected chi connectivity index (χ1v) is 5.74. The zero-order valence-corrected chi connectivity index (χ0v) is 9.95. The van der Waals surface area contributed by atoms with Crippen molar-refractivity contribution in [2.24, 2.45) is 5.92 Å². The van der Waals surface area contributed by atoms with Crippen LogP contribution in [-0.2, 0) is 9.53 Å². The average Bonchev–Trinajstić information content (AvgIpc) is 2.28. The number of hydrogen-bond acceptors (Lipinski definition) is 4. The summed E-state index contributed by atoms with van der Waals surface area (Å²) in [5, 5.41) is 3.41. The molecular formula is C11H22N2O2. The van der Waals surface area contributed by atoms with E-state index in [9.17, 15) is 4.79 Å². The van der Waals surface area contributed by atoms with E-state index in [1.807, 2.05) is 0 Å². The minimum Gasteiger partial charge on any atom is -0.469 e. The van der Waals surface area contributed by atoms with Gasteiger partial charge in [-0.15, -0.1) is 0 Å². The summed E-state index contributed by atoms with van der Waals surface area (Å²) in [6, 6.07) is 0.424. The number of nitrogens with zero attached hydrogens (tertiary/aromatic N) is 1. The van der Waals surface area contributed by atoms with Crippen molar-refractivity contribution in [3.63, 3.8) is 0 Å². The van der Waals surface area contributed by atoms with E-state index >= 15 is 0 Å². The Hall–Kier alpha value is -0.610. The Labute approximate surface area is 92.0 Å². The fourth-order valence-electron chi connectivity index (χ4n) is 2.22. The summed E-state index contributed by atoms with van der Waals surface area (Å²) >= 11 is 0. The number of methoxy groups -OCH3 is 1. The summed E-state index contributed by atoms with van der Waals surface area (Å²) in [5.74, 6) is -0.0381. The molecule has 1 saturated heterocycles. The van der Waals surface area contributed by atoms with Gasteiger partial charge in [0.2, 0.25) is 0 Å². The van der Waals surface area contributed by atoms with Gasteiger partial charge in [-0.25, -0.2) is 0 Å². The number of carbonyl (C=O) groups is 1. The Bertz CT molecular complexity index is 209. The second-order valence-corrected chi connectivity index (χ2v) is 4.06. The Morgan fingerprint density at radius 2 is 2.20 bits per heavy atom. The molecule has 1 heterocycles. The number of likely N-dealkylation sites (tertiary alicyclic amines) is 1. The Kier molecular flexibility index (Phi) is 5.05. The van der Waals surface area contributed by atoms with Crippen LogP contribution in [-0.4, -0.2) is 50.2 Å². The molecule has 0 amide bonds. The summed E-state index contributed by atoms with van der Waals surface area (Å²) in [6.07, 6.45) is 0.900. The predicted octanol–water partition coefficient (Wildman–Crippen LogP) is 0.479. The molecule has 88 valence electrons. The molecule has 0 aromatic heterocycles. The van der Waals surface area contributed by atoms with Gasteiger partial charge in [-0.05, 0) is 19.5 Å². The van der Waals surface area contributed by atoms with Crippen LogP contribution in [0.3, 0.4) is 0 Å². The lowest BCUT2D eigenvalue weighted by molar-refractivity contribution is -0.147. The van der Waals surface area contributed by atoms with Crippen molar-refractivity contribution in [3.8, 4) is 0 Å². The van der Waals surface area contributed by atoms with Crippen molar-refractivity contribution >= 4 is 5.97 Å². The monoisotopic (exact) mass is 214 g/mol. The summed E-state index contributed by atoms with van der Waals surface area (Å²) < 4.78 is 4.82. The van der Waals surface area contributed by atoms with Crippen LogP contribution in [0, 0.1) is 5.92 Å². The molecule has 1 fully saturated rings. The summed E-state index contributed by atoms with van der Waals surface area (Å²) in [4.78, 5) is 13.8. The van der Waals surface area contributed by atoms with Gasteiger partial charge < -0.3 is 15.0 Å². The molecular weight excluding hydrogens is 192 g/mol. The van der Waals surface area contributed by atoms with E-state index < -0.39 is 0 Å². The first-order chi connectivity index (χ1) is 7.21. The molecule has 1 rings (SSSR count). The van der Waals surface area contributed by atoms with Gasteiger partial charge in [-0.3, -0.25) is 4.79 Å². The Morgan fingerprint density at radius 1 is 1.47 bits per heavy atom. The van der Waals surface area contributed by atoms with Gasteiger partial charge in [-0.1, -0.05) is 13.8 Å². The molecule has 1 aliphatic rings. The number of likely N-dealkylation sites (N-methyl/N-ethyl adjacent to an activating group) is 2. The second kappa shape index (κ2) is 6.08. The highest BCUT2D eigenvalue weighted by Crippen LogP contribution is 2.17. The van der Waals surface area contributed by atoms with E-state index in [0.717, 1.165) is 32.6 Å². The normalized spacial score (nSPS) is 27.7. The lowest BCUT2D eigenvalue weighted by atomic mass is 9.94. The van der Waals surface area contributed by atoms with Crippen LogP contribution in [0.5, 0.6) is 0 Å². The van der Waals surface area contributed by atoms with Crippen molar-refractivity contribution in [1.82, 2.24) is 10.2 Å². The van der Waals surface area contributed by atoms with Crippen LogP contribution < -0.4 is 5.32 Å². The molecule has 0 saturated carbocycles. The third-order valence-electron chi connectivity index (χ3n) is 3.00. The maximum atomic E-state index is 11.5. The van der Waals surface area contributed by atoms with Gasteiger partial charge in [0.05, 0.1) is 13.0 Å². The molecule has 1 aliphatic heterocycles. The Balaban J connectivity index is 2.54. The molecule has 15 heavy (non-hydrogen) atoms. The van der Waals surface area contributed by atoms with E-state index in [4.69, 9.17) is 4.74 Å². The quantitative estimate of drug-likeness (QED) is 0.691. The largest absolute Gasteiger partial charge is 0.469 e. The third kappa shape index (κ3) is 3.47. The van der Waals surface area contributed by atoms with E-state index in [1.165, 1.54) is 7.11 Å². The average molecular weight is 214 g/mol. The molecule has 0 radical (unpaired) electrons. The molecule has 4 heteroatoms. The molecule has 1 N–H and O–H groups in total. The molecule has 2 atom stereocenters. The fourth-order valence-corrected chi connectivity index (χ4v) is 2.22. The summed E-state index contributed by atoms with van der Waals surface area (Å²) in [5.41, 5.74) is 0. The lowest BCUT2D eigenvalue weighted by Gasteiger charge is -2.36. The fraction of sp³-hybridized carbons (Fsp3) is 0.909. The van der Waals surface area contributed by atoms with E-state index in [2.05, 4.69) is 24.1 Å². The van der Waals surface area contributed by atoms with Crippen LogP contribution >= 0.6 is 0 Å². The summed E-state index contributed by atoms with van der Waals surface area (Å²) in [7, 11) is 1.47. The number of nitrogens with one attached hydrogen (secondary N) is 1. The van der Waals surface area contributed by atoms with Crippen molar-refractivity contribution in [2.75, 3.05) is 33.3 Å². The van der Waals surface area contributed by atoms with Crippen LogP contribution in [0.4, 0.5) is 0 Å². The molecule has 0 aromatic carbocycles. The smallest absolute Gasteiger partial charge is 0.310 e. The van der Waals surface area contributed by atoms with Crippen molar-refractivity contribution in [1.29, 1.82) is 0 Å². The molecule has 0 aromatic rings. The molecule has 0 aliphatic carbocycles. The molecule has 0 bridgehead atoms. The van der Waals surface area contributed by atoms with E-state index in [1.54, 1.807) is 0 Å². The van der Waals surface area contributed by atoms with Crippen LogP contribution in [0.15, 0.2) is 0 Å². The number of hydrogen-bond donors (Lipinski definition) is 1. The number of piperidine rings is 1. The van der Waals surface area contributed by atoms with Gasteiger partial charge in [0.1, 0.15) is 0 Å². The van der Waals surface area contributed by atoms with Crippen molar-refractivity contribution < 1.29 is 9.53 Å². The van der Waals surface area contributed by atoms with Crippen LogP contribution in [0.2, 0.25) is 0 Å². The first-order valence-electron chi connectivity index (χ1n) is 5.74. The zero-order chi connectivity index (χ0) is 11.3. The highest BCUT2D eigenvalue weighted by molar-refractivity contribution is 5.72. The van der Waals surface area contributed by atoms with Crippen LogP contribution in [0.25, 0.3) is 0 Å². The SMILES string of the molecule is CCNC1CC(C(=O)OC)CN(CC)C1. The lowest BCUT2D eigenvalue weighted by Crippen LogP contribution is -2.50. The second-order valence-electron chi connectivity index (χ2n) is 4.06. The number of rotatable bonds is 4. The van der Waals surface area contributed by atoms with E-state index in [-0.39, 0.29) is 11.9 Å². The van der Waals surface area contributed by atoms with Gasteiger partial charge >= 0.3 is 5.97 Å². The third-order valence-corrected chi connectivity index (χ3v) is 3.00. The van der Waals surface area contributed by atoms with Crippen molar-refractivity contribution in [3.05, 3.63) is 0 Å².